The van der Waals surface area contributed by atoms with Crippen molar-refractivity contribution in [3.05, 3.63) is 27.4 Å². The number of rotatable bonds is 5. The van der Waals surface area contributed by atoms with Crippen molar-refractivity contribution in [3.63, 3.8) is 0 Å². The Balaban J connectivity index is 2.11. The fourth-order valence-electron chi connectivity index (χ4n) is 1.48. The van der Waals surface area contributed by atoms with Crippen LogP contribution < -0.4 is 5.32 Å². The third-order valence-corrected chi connectivity index (χ3v) is 4.56. The number of thiophene rings is 1. The lowest BCUT2D eigenvalue weighted by atomic mass is 10.3. The van der Waals surface area contributed by atoms with E-state index in [-0.39, 0.29) is 0 Å². The highest BCUT2D eigenvalue weighted by Crippen LogP contribution is 2.29. The van der Waals surface area contributed by atoms with Gasteiger partial charge in [-0.3, -0.25) is 0 Å². The largest absolute Gasteiger partial charge is 0.319 e. The van der Waals surface area contributed by atoms with Gasteiger partial charge < -0.3 is 5.32 Å². The number of likely N-dealkylation sites (N-methyl/N-ethyl adjacent to an activating group) is 1. The van der Waals surface area contributed by atoms with E-state index in [1.54, 1.807) is 11.3 Å². The van der Waals surface area contributed by atoms with E-state index in [4.69, 9.17) is 0 Å². The van der Waals surface area contributed by atoms with Crippen LogP contribution in [0.2, 0.25) is 0 Å². The summed E-state index contributed by atoms with van der Waals surface area (Å²) < 4.78 is 0. The fourth-order valence-corrected chi connectivity index (χ4v) is 3.26. The Bertz CT molecular complexity index is 445. The van der Waals surface area contributed by atoms with E-state index < -0.39 is 0 Å². The van der Waals surface area contributed by atoms with Crippen LogP contribution in [-0.4, -0.2) is 18.6 Å². The summed E-state index contributed by atoms with van der Waals surface area (Å²) in [4.78, 5) is 7.38. The molecule has 0 aliphatic heterocycles. The highest BCUT2D eigenvalue weighted by atomic mass is 32.1. The van der Waals surface area contributed by atoms with Gasteiger partial charge in [-0.05, 0) is 25.6 Å². The van der Waals surface area contributed by atoms with Gasteiger partial charge in [-0.25, -0.2) is 4.98 Å². The summed E-state index contributed by atoms with van der Waals surface area (Å²) in [6.45, 7) is 3.19. The molecule has 2 aromatic rings. The molecule has 2 heterocycles. The number of aromatic nitrogens is 1. The molecule has 2 aromatic heterocycles. The molecule has 0 bridgehead atoms. The first-order valence-corrected chi connectivity index (χ1v) is 7.21. The fraction of sp³-hybridized carbons (Fsp3) is 0.417. The van der Waals surface area contributed by atoms with Gasteiger partial charge in [0.05, 0.1) is 15.6 Å². The van der Waals surface area contributed by atoms with Gasteiger partial charge in [0.25, 0.3) is 0 Å². The van der Waals surface area contributed by atoms with E-state index in [1.807, 2.05) is 18.4 Å². The number of nitrogens with zero attached hydrogens (tertiary/aromatic N) is 1. The van der Waals surface area contributed by atoms with Crippen molar-refractivity contribution in [2.24, 2.45) is 0 Å². The van der Waals surface area contributed by atoms with E-state index in [1.165, 1.54) is 14.8 Å². The van der Waals surface area contributed by atoms with Gasteiger partial charge in [-0.2, -0.15) is 0 Å². The maximum absolute atomic E-state index is 4.65. The van der Waals surface area contributed by atoms with Gasteiger partial charge in [-0.15, -0.1) is 22.7 Å². The van der Waals surface area contributed by atoms with Gasteiger partial charge in [0.15, 0.2) is 0 Å². The van der Waals surface area contributed by atoms with E-state index in [0.29, 0.717) is 0 Å². The molecule has 86 valence electrons. The summed E-state index contributed by atoms with van der Waals surface area (Å²) >= 11 is 3.61. The maximum Gasteiger partial charge on any atom is 0.0945 e. The van der Waals surface area contributed by atoms with Crippen LogP contribution in [0.3, 0.4) is 0 Å². The molecule has 2 rings (SSSR count). The van der Waals surface area contributed by atoms with E-state index in [2.05, 4.69) is 34.7 Å². The Morgan fingerprint density at radius 3 is 2.94 bits per heavy atom. The predicted molar refractivity (Wildman–Crippen MR) is 72.4 cm³/mol. The van der Waals surface area contributed by atoms with Crippen LogP contribution in [0.1, 0.15) is 16.8 Å². The normalized spacial score (nSPS) is 10.9. The van der Waals surface area contributed by atoms with Crippen LogP contribution in [0.4, 0.5) is 0 Å². The Morgan fingerprint density at radius 1 is 1.38 bits per heavy atom. The van der Waals surface area contributed by atoms with Crippen LogP contribution in [0, 0.1) is 0 Å². The van der Waals surface area contributed by atoms with Gasteiger partial charge in [-0.1, -0.05) is 6.92 Å². The Hall–Kier alpha value is -0.710. The highest BCUT2D eigenvalue weighted by molar-refractivity contribution is 7.16. The second kappa shape index (κ2) is 5.57. The highest BCUT2D eigenvalue weighted by Gasteiger charge is 2.06. The molecule has 0 aliphatic carbocycles. The first-order chi connectivity index (χ1) is 7.83. The first kappa shape index (κ1) is 11.8. The Kier molecular flexibility index (Phi) is 4.09. The molecule has 0 fully saturated rings. The number of aryl methyl sites for hydroxylation is 1. The lowest BCUT2D eigenvalue weighted by molar-refractivity contribution is 0.788. The van der Waals surface area contributed by atoms with E-state index >= 15 is 0 Å². The third-order valence-electron chi connectivity index (χ3n) is 2.40. The number of hydrogen-bond donors (Lipinski definition) is 1. The van der Waals surface area contributed by atoms with Crippen molar-refractivity contribution in [2.75, 3.05) is 13.6 Å². The van der Waals surface area contributed by atoms with Crippen LogP contribution in [0.5, 0.6) is 0 Å². The molecule has 0 radical (unpaired) electrons. The summed E-state index contributed by atoms with van der Waals surface area (Å²) in [5, 5.41) is 6.53. The first-order valence-electron chi connectivity index (χ1n) is 5.51. The molecule has 4 heteroatoms. The summed E-state index contributed by atoms with van der Waals surface area (Å²) in [5.41, 5.74) is 1.14. The minimum atomic E-state index is 0.998. The molecule has 0 aromatic carbocycles. The van der Waals surface area contributed by atoms with Crippen LogP contribution in [0.15, 0.2) is 17.5 Å². The summed E-state index contributed by atoms with van der Waals surface area (Å²) in [6, 6.07) is 4.38. The van der Waals surface area contributed by atoms with Gasteiger partial charge in [0.2, 0.25) is 0 Å². The Morgan fingerprint density at radius 2 is 2.25 bits per heavy atom. The quantitative estimate of drug-likeness (QED) is 0.884. The number of thiazole rings is 1. The number of hydrogen-bond acceptors (Lipinski definition) is 4. The zero-order valence-corrected chi connectivity index (χ0v) is 11.3. The standard InChI is InChI=1S/C12H16N2S2/c1-3-9-4-5-11(16-9)10-8-15-12(14-10)6-7-13-2/h4-5,8,13H,3,6-7H2,1-2H3. The van der Waals surface area contributed by atoms with Crippen molar-refractivity contribution >= 4 is 22.7 Å². The summed E-state index contributed by atoms with van der Waals surface area (Å²) in [7, 11) is 1.97. The average Bonchev–Trinajstić information content (AvgIpc) is 2.94. The van der Waals surface area contributed by atoms with Crippen LogP contribution in [-0.2, 0) is 12.8 Å². The van der Waals surface area contributed by atoms with Crippen LogP contribution in [0.25, 0.3) is 10.6 Å². The molecule has 0 unspecified atom stereocenters. The zero-order valence-electron chi connectivity index (χ0n) is 9.62. The molecule has 0 amide bonds. The van der Waals surface area contributed by atoms with Gasteiger partial charge >= 0.3 is 0 Å². The minimum Gasteiger partial charge on any atom is -0.319 e. The topological polar surface area (TPSA) is 24.9 Å². The predicted octanol–water partition coefficient (Wildman–Crippen LogP) is 3.20. The van der Waals surface area contributed by atoms with Crippen molar-refractivity contribution in [2.45, 2.75) is 19.8 Å². The molecule has 1 N–H and O–H groups in total. The summed E-state index contributed by atoms with van der Waals surface area (Å²) in [5.74, 6) is 0. The zero-order chi connectivity index (χ0) is 11.4. The second-order valence-corrected chi connectivity index (χ2v) is 5.71. The van der Waals surface area contributed by atoms with Crippen molar-refractivity contribution in [1.82, 2.24) is 10.3 Å². The molecule has 0 atom stereocenters. The maximum atomic E-state index is 4.65. The second-order valence-electron chi connectivity index (χ2n) is 3.60. The monoisotopic (exact) mass is 252 g/mol. The molecule has 0 saturated heterocycles. The third kappa shape index (κ3) is 2.70. The van der Waals surface area contributed by atoms with Crippen molar-refractivity contribution in [1.29, 1.82) is 0 Å². The van der Waals surface area contributed by atoms with Crippen molar-refractivity contribution < 1.29 is 0 Å². The lowest BCUT2D eigenvalue weighted by Crippen LogP contribution is -2.09. The molecule has 2 nitrogen and oxygen atoms in total. The molecular weight excluding hydrogens is 236 g/mol. The van der Waals surface area contributed by atoms with Gasteiger partial charge in [0, 0.05) is 23.2 Å². The van der Waals surface area contributed by atoms with E-state index in [0.717, 1.165) is 25.1 Å². The average molecular weight is 252 g/mol. The number of nitrogens with one attached hydrogen (secondary N) is 1. The van der Waals surface area contributed by atoms with Crippen molar-refractivity contribution in [3.8, 4) is 10.6 Å². The molecule has 0 spiro atoms. The smallest absolute Gasteiger partial charge is 0.0945 e. The minimum absolute atomic E-state index is 0.998. The molecule has 16 heavy (non-hydrogen) atoms. The molecular formula is C12H16N2S2. The summed E-state index contributed by atoms with van der Waals surface area (Å²) in [6.07, 6.45) is 2.13. The lowest BCUT2D eigenvalue weighted by Gasteiger charge is -1.93. The van der Waals surface area contributed by atoms with Gasteiger partial charge in [0.1, 0.15) is 0 Å². The Labute approximate surface area is 104 Å². The molecule has 0 saturated carbocycles. The van der Waals surface area contributed by atoms with E-state index in [9.17, 15) is 0 Å². The van der Waals surface area contributed by atoms with Crippen LogP contribution >= 0.6 is 22.7 Å². The molecule has 0 aliphatic rings. The SMILES string of the molecule is CCc1ccc(-c2csc(CCNC)n2)s1.